The van der Waals surface area contributed by atoms with Crippen molar-refractivity contribution in [2.24, 2.45) is 5.73 Å². The summed E-state index contributed by atoms with van der Waals surface area (Å²) in [6.45, 7) is 3.59. The van der Waals surface area contributed by atoms with E-state index in [0.29, 0.717) is 12.1 Å². The van der Waals surface area contributed by atoms with Gasteiger partial charge < -0.3 is 11.1 Å². The molecule has 1 aromatic carbocycles. The third-order valence-corrected chi connectivity index (χ3v) is 3.07. The van der Waals surface area contributed by atoms with Crippen LogP contribution >= 0.6 is 0 Å². The first-order chi connectivity index (χ1) is 9.04. The van der Waals surface area contributed by atoms with Gasteiger partial charge in [-0.2, -0.15) is 5.10 Å². The number of para-hydroxylation sites is 2. The minimum Gasteiger partial charge on any atom is -0.323 e. The average molecular weight is 259 g/mol. The van der Waals surface area contributed by atoms with E-state index < -0.39 is 5.54 Å². The lowest BCUT2D eigenvalue weighted by atomic mass is 9.99. The highest BCUT2D eigenvalue weighted by Crippen LogP contribution is 2.20. The monoisotopic (exact) mass is 259 g/mol. The Bertz CT molecular complexity index is 562. The highest BCUT2D eigenvalue weighted by Gasteiger charge is 2.26. The van der Waals surface area contributed by atoms with E-state index >= 15 is 0 Å². The van der Waals surface area contributed by atoms with Gasteiger partial charge in [0, 0.05) is 0 Å². The van der Waals surface area contributed by atoms with Crippen LogP contribution in [0.2, 0.25) is 0 Å². The Morgan fingerprint density at radius 2 is 2.21 bits per heavy atom. The number of nitrogens with zero attached hydrogens (tertiary/aromatic N) is 3. The van der Waals surface area contributed by atoms with E-state index in [-0.39, 0.29) is 5.91 Å². The van der Waals surface area contributed by atoms with Gasteiger partial charge >= 0.3 is 0 Å². The van der Waals surface area contributed by atoms with Crippen molar-refractivity contribution in [1.29, 1.82) is 0 Å². The molecule has 19 heavy (non-hydrogen) atoms. The molecule has 0 aliphatic heterocycles. The van der Waals surface area contributed by atoms with Gasteiger partial charge in [0.25, 0.3) is 0 Å². The molecule has 0 bridgehead atoms. The van der Waals surface area contributed by atoms with Crippen LogP contribution in [0.1, 0.15) is 20.3 Å². The summed E-state index contributed by atoms with van der Waals surface area (Å²) in [6, 6.07) is 7.37. The van der Waals surface area contributed by atoms with Crippen LogP contribution in [0, 0.1) is 0 Å². The van der Waals surface area contributed by atoms with Crippen LogP contribution in [0.15, 0.2) is 36.9 Å². The Labute approximate surface area is 111 Å². The second-order valence-electron chi connectivity index (χ2n) is 4.58. The van der Waals surface area contributed by atoms with Crippen molar-refractivity contribution >= 4 is 11.6 Å². The molecule has 0 fully saturated rings. The van der Waals surface area contributed by atoms with E-state index in [1.54, 1.807) is 24.0 Å². The topological polar surface area (TPSA) is 85.8 Å². The zero-order valence-electron chi connectivity index (χ0n) is 11.0. The first-order valence-corrected chi connectivity index (χ1v) is 6.09. The molecular formula is C13H17N5O. The summed E-state index contributed by atoms with van der Waals surface area (Å²) in [7, 11) is 0. The number of hydrogen-bond donors (Lipinski definition) is 2. The predicted octanol–water partition coefficient (Wildman–Crippen LogP) is 1.33. The molecule has 1 atom stereocenters. The zero-order chi connectivity index (χ0) is 13.9. The van der Waals surface area contributed by atoms with E-state index in [1.807, 2.05) is 25.1 Å². The number of amides is 1. The largest absolute Gasteiger partial charge is 0.323 e. The molecule has 0 saturated heterocycles. The number of nitrogens with one attached hydrogen (secondary N) is 1. The molecule has 0 aliphatic carbocycles. The summed E-state index contributed by atoms with van der Waals surface area (Å²) < 4.78 is 1.59. The van der Waals surface area contributed by atoms with Crippen molar-refractivity contribution in [3.8, 4) is 5.69 Å². The number of rotatable bonds is 4. The first-order valence-electron chi connectivity index (χ1n) is 6.09. The fourth-order valence-corrected chi connectivity index (χ4v) is 1.54. The molecule has 100 valence electrons. The lowest BCUT2D eigenvalue weighted by Gasteiger charge is -2.22. The van der Waals surface area contributed by atoms with Crippen molar-refractivity contribution in [3.63, 3.8) is 0 Å². The van der Waals surface area contributed by atoms with Gasteiger partial charge in [0.1, 0.15) is 12.7 Å². The van der Waals surface area contributed by atoms with Crippen LogP contribution in [-0.4, -0.2) is 26.2 Å². The molecule has 0 radical (unpaired) electrons. The van der Waals surface area contributed by atoms with Crippen molar-refractivity contribution in [1.82, 2.24) is 14.8 Å². The van der Waals surface area contributed by atoms with Gasteiger partial charge in [0.2, 0.25) is 5.91 Å². The smallest absolute Gasteiger partial charge is 0.244 e. The van der Waals surface area contributed by atoms with E-state index in [4.69, 9.17) is 5.73 Å². The van der Waals surface area contributed by atoms with Gasteiger partial charge in [-0.15, -0.1) is 0 Å². The maximum absolute atomic E-state index is 12.1. The van der Waals surface area contributed by atoms with Crippen LogP contribution in [0.4, 0.5) is 5.69 Å². The molecule has 0 saturated carbocycles. The summed E-state index contributed by atoms with van der Waals surface area (Å²) in [5.41, 5.74) is 6.44. The second-order valence-corrected chi connectivity index (χ2v) is 4.58. The normalized spacial score (nSPS) is 13.8. The number of carbonyl (C=O) groups excluding carboxylic acids is 1. The van der Waals surface area contributed by atoms with Gasteiger partial charge in [0.15, 0.2) is 0 Å². The van der Waals surface area contributed by atoms with Crippen LogP contribution < -0.4 is 11.1 Å². The maximum Gasteiger partial charge on any atom is 0.244 e. The van der Waals surface area contributed by atoms with E-state index in [2.05, 4.69) is 15.4 Å². The summed E-state index contributed by atoms with van der Waals surface area (Å²) in [5, 5.41) is 6.90. The maximum atomic E-state index is 12.1. The van der Waals surface area contributed by atoms with E-state index in [0.717, 1.165) is 5.69 Å². The molecule has 0 aliphatic rings. The van der Waals surface area contributed by atoms with Gasteiger partial charge in [-0.3, -0.25) is 4.79 Å². The Morgan fingerprint density at radius 3 is 2.84 bits per heavy atom. The Hall–Kier alpha value is -2.21. The molecule has 2 aromatic rings. The predicted molar refractivity (Wildman–Crippen MR) is 72.9 cm³/mol. The van der Waals surface area contributed by atoms with Crippen molar-refractivity contribution in [2.45, 2.75) is 25.8 Å². The molecular weight excluding hydrogens is 242 g/mol. The van der Waals surface area contributed by atoms with Gasteiger partial charge in [-0.05, 0) is 25.5 Å². The number of anilines is 1. The number of nitrogens with two attached hydrogens (primary N) is 1. The van der Waals surface area contributed by atoms with Crippen LogP contribution in [-0.2, 0) is 4.79 Å². The zero-order valence-corrected chi connectivity index (χ0v) is 11.0. The Balaban J connectivity index is 2.29. The van der Waals surface area contributed by atoms with Crippen molar-refractivity contribution in [2.75, 3.05) is 5.32 Å². The lowest BCUT2D eigenvalue weighted by Crippen LogP contribution is -2.47. The Kier molecular flexibility index (Phi) is 3.62. The molecule has 2 rings (SSSR count). The Morgan fingerprint density at radius 1 is 1.47 bits per heavy atom. The number of benzene rings is 1. The third-order valence-electron chi connectivity index (χ3n) is 3.07. The number of carbonyl (C=O) groups is 1. The minimum absolute atomic E-state index is 0.220. The number of hydrogen-bond acceptors (Lipinski definition) is 4. The third kappa shape index (κ3) is 2.79. The second kappa shape index (κ2) is 5.19. The van der Waals surface area contributed by atoms with Crippen LogP contribution in [0.25, 0.3) is 5.69 Å². The molecule has 3 N–H and O–H groups in total. The first kappa shape index (κ1) is 13.2. The molecule has 1 aromatic heterocycles. The van der Waals surface area contributed by atoms with Crippen LogP contribution in [0.3, 0.4) is 0 Å². The minimum atomic E-state index is -0.893. The van der Waals surface area contributed by atoms with Crippen LogP contribution in [0.5, 0.6) is 0 Å². The highest BCUT2D eigenvalue weighted by atomic mass is 16.2. The average Bonchev–Trinajstić information content (AvgIpc) is 2.93. The summed E-state index contributed by atoms with van der Waals surface area (Å²) in [4.78, 5) is 16.0. The highest BCUT2D eigenvalue weighted by molar-refractivity contribution is 5.99. The van der Waals surface area contributed by atoms with Crippen molar-refractivity contribution in [3.05, 3.63) is 36.9 Å². The molecule has 1 heterocycles. The van der Waals surface area contributed by atoms with Gasteiger partial charge in [-0.25, -0.2) is 9.67 Å². The molecule has 1 amide bonds. The lowest BCUT2D eigenvalue weighted by molar-refractivity contribution is -0.120. The van der Waals surface area contributed by atoms with Gasteiger partial charge in [-0.1, -0.05) is 19.1 Å². The van der Waals surface area contributed by atoms with E-state index in [9.17, 15) is 4.79 Å². The SMILES string of the molecule is CCC(C)(N)C(=O)Nc1ccccc1-n1cncn1. The quantitative estimate of drug-likeness (QED) is 0.867. The standard InChI is InChI=1S/C13H17N5O/c1-3-13(2,14)12(19)17-10-6-4-5-7-11(10)18-9-15-8-16-18/h4-9H,3,14H2,1-2H3,(H,17,19). The molecule has 1 unspecified atom stereocenters. The molecule has 6 heteroatoms. The molecule has 0 spiro atoms. The van der Waals surface area contributed by atoms with Gasteiger partial charge in [0.05, 0.1) is 16.9 Å². The fourth-order valence-electron chi connectivity index (χ4n) is 1.54. The summed E-state index contributed by atoms with van der Waals surface area (Å²) in [6.07, 6.45) is 3.58. The fraction of sp³-hybridized carbons (Fsp3) is 0.308. The number of aromatic nitrogens is 3. The van der Waals surface area contributed by atoms with E-state index in [1.165, 1.54) is 6.33 Å². The summed E-state index contributed by atoms with van der Waals surface area (Å²) in [5.74, 6) is -0.220. The van der Waals surface area contributed by atoms with Crippen molar-refractivity contribution < 1.29 is 4.79 Å². The molecule has 6 nitrogen and oxygen atoms in total. The summed E-state index contributed by atoms with van der Waals surface area (Å²) >= 11 is 0.